The van der Waals surface area contributed by atoms with E-state index in [2.05, 4.69) is 0 Å². The molecule has 0 aliphatic heterocycles. The van der Waals surface area contributed by atoms with E-state index in [4.69, 9.17) is 9.15 Å². The second kappa shape index (κ2) is 3.42. The topological polar surface area (TPSA) is 39.4 Å². The summed E-state index contributed by atoms with van der Waals surface area (Å²) in [6, 6.07) is 5.40. The molecule has 15 heavy (non-hydrogen) atoms. The molecule has 0 aliphatic rings. The van der Waals surface area contributed by atoms with Crippen molar-refractivity contribution >= 4 is 16.9 Å². The van der Waals surface area contributed by atoms with Gasteiger partial charge in [-0.05, 0) is 31.5 Å². The van der Waals surface area contributed by atoms with Crippen LogP contribution in [0.1, 0.15) is 18.2 Å². The molecule has 3 nitrogen and oxygen atoms in total. The first kappa shape index (κ1) is 9.77. The van der Waals surface area contributed by atoms with Crippen LogP contribution in [-0.2, 0) is 4.79 Å². The highest BCUT2D eigenvalue weighted by Gasteiger charge is 2.08. The predicted octanol–water partition coefficient (Wildman–Crippen LogP) is 2.97. The molecular formula is C12H12O3. The van der Waals surface area contributed by atoms with Crippen LogP contribution in [0.25, 0.3) is 11.0 Å². The molecule has 0 fully saturated rings. The molecule has 2 rings (SSSR count). The Morgan fingerprint density at radius 3 is 2.73 bits per heavy atom. The number of carbonyl (C=O) groups excluding carboxylic acids is 1. The maximum absolute atomic E-state index is 10.8. The summed E-state index contributed by atoms with van der Waals surface area (Å²) in [7, 11) is 0. The van der Waals surface area contributed by atoms with Crippen LogP contribution in [0, 0.1) is 13.8 Å². The van der Waals surface area contributed by atoms with E-state index in [1.54, 1.807) is 12.1 Å². The van der Waals surface area contributed by atoms with Crippen LogP contribution in [0.5, 0.6) is 5.75 Å². The molecule has 0 saturated carbocycles. The Morgan fingerprint density at radius 1 is 1.33 bits per heavy atom. The number of fused-ring (bicyclic) bond motifs is 1. The van der Waals surface area contributed by atoms with E-state index in [-0.39, 0.29) is 5.97 Å². The number of esters is 1. The van der Waals surface area contributed by atoms with Gasteiger partial charge in [-0.15, -0.1) is 0 Å². The molecule has 0 radical (unpaired) electrons. The van der Waals surface area contributed by atoms with Crippen LogP contribution in [0.2, 0.25) is 0 Å². The van der Waals surface area contributed by atoms with Crippen LogP contribution in [0.4, 0.5) is 0 Å². The average Bonchev–Trinajstić information content (AvgIpc) is 2.41. The van der Waals surface area contributed by atoms with E-state index in [0.29, 0.717) is 5.75 Å². The zero-order valence-corrected chi connectivity index (χ0v) is 8.96. The second-order valence-corrected chi connectivity index (χ2v) is 3.53. The molecule has 78 valence electrons. The van der Waals surface area contributed by atoms with Crippen molar-refractivity contribution in [2.24, 2.45) is 0 Å². The van der Waals surface area contributed by atoms with Crippen molar-refractivity contribution in [2.75, 3.05) is 0 Å². The fraction of sp³-hybridized carbons (Fsp3) is 0.250. The lowest BCUT2D eigenvalue weighted by Crippen LogP contribution is -2.00. The lowest BCUT2D eigenvalue weighted by Gasteiger charge is -1.99. The van der Waals surface area contributed by atoms with Crippen LogP contribution >= 0.6 is 0 Å². The van der Waals surface area contributed by atoms with Crippen LogP contribution in [0.3, 0.4) is 0 Å². The lowest BCUT2D eigenvalue weighted by atomic mass is 10.1. The first-order chi connectivity index (χ1) is 7.08. The third kappa shape index (κ3) is 1.73. The largest absolute Gasteiger partial charge is 0.461 e. The van der Waals surface area contributed by atoms with Crippen molar-refractivity contribution in [1.82, 2.24) is 0 Å². The first-order valence-corrected chi connectivity index (χ1v) is 4.76. The Morgan fingerprint density at radius 2 is 2.07 bits per heavy atom. The predicted molar refractivity (Wildman–Crippen MR) is 57.0 cm³/mol. The summed E-state index contributed by atoms with van der Waals surface area (Å²) in [5.41, 5.74) is 1.88. The number of benzene rings is 1. The Balaban J connectivity index is 2.52. The lowest BCUT2D eigenvalue weighted by molar-refractivity contribution is -0.131. The van der Waals surface area contributed by atoms with Crippen LogP contribution in [-0.4, -0.2) is 5.97 Å². The van der Waals surface area contributed by atoms with Crippen molar-refractivity contribution in [1.29, 1.82) is 0 Å². The van der Waals surface area contributed by atoms with Crippen molar-refractivity contribution in [3.63, 3.8) is 0 Å². The van der Waals surface area contributed by atoms with Gasteiger partial charge in [0.1, 0.15) is 17.1 Å². The van der Waals surface area contributed by atoms with Gasteiger partial charge in [0.15, 0.2) is 0 Å². The maximum atomic E-state index is 10.8. The van der Waals surface area contributed by atoms with E-state index in [9.17, 15) is 4.79 Å². The minimum absolute atomic E-state index is 0.325. The highest BCUT2D eigenvalue weighted by Crippen LogP contribution is 2.27. The minimum Gasteiger partial charge on any atom is -0.461 e. The van der Waals surface area contributed by atoms with Gasteiger partial charge in [-0.2, -0.15) is 0 Å². The Bertz CT molecular complexity index is 523. The summed E-state index contributed by atoms with van der Waals surface area (Å²) in [6.45, 7) is 5.30. The highest BCUT2D eigenvalue weighted by atomic mass is 16.5. The molecule has 0 bridgehead atoms. The van der Waals surface area contributed by atoms with Crippen LogP contribution in [0.15, 0.2) is 22.6 Å². The van der Waals surface area contributed by atoms with E-state index in [0.717, 1.165) is 22.3 Å². The Kier molecular flexibility index (Phi) is 2.23. The molecule has 2 aromatic rings. The molecule has 0 atom stereocenters. The second-order valence-electron chi connectivity index (χ2n) is 3.53. The van der Waals surface area contributed by atoms with Crippen LogP contribution < -0.4 is 4.74 Å². The molecule has 0 saturated heterocycles. The fourth-order valence-corrected chi connectivity index (χ4v) is 1.56. The van der Waals surface area contributed by atoms with Gasteiger partial charge >= 0.3 is 5.97 Å². The molecule has 0 aliphatic carbocycles. The standard InChI is InChI=1S/C12H12O3/c1-7-8(2)14-12-6-10(15-9(3)13)4-5-11(7)12/h4-6H,1-3H3. The molecule has 0 spiro atoms. The third-order valence-corrected chi connectivity index (χ3v) is 2.41. The van der Waals surface area contributed by atoms with Gasteiger partial charge in [-0.1, -0.05) is 0 Å². The molecule has 3 heteroatoms. The summed E-state index contributed by atoms with van der Waals surface area (Å²) < 4.78 is 10.5. The van der Waals surface area contributed by atoms with Gasteiger partial charge in [0, 0.05) is 18.4 Å². The van der Waals surface area contributed by atoms with Crippen molar-refractivity contribution in [3.05, 3.63) is 29.5 Å². The summed E-state index contributed by atoms with van der Waals surface area (Å²) in [4.78, 5) is 10.8. The molecular weight excluding hydrogens is 192 g/mol. The molecule has 1 aromatic carbocycles. The normalized spacial score (nSPS) is 10.6. The molecule has 0 N–H and O–H groups in total. The molecule has 0 amide bonds. The number of aryl methyl sites for hydroxylation is 2. The monoisotopic (exact) mass is 204 g/mol. The number of rotatable bonds is 1. The van der Waals surface area contributed by atoms with Gasteiger partial charge in [0.2, 0.25) is 0 Å². The number of furan rings is 1. The number of hydrogen-bond acceptors (Lipinski definition) is 3. The van der Waals surface area contributed by atoms with E-state index in [1.807, 2.05) is 19.9 Å². The fourth-order valence-electron chi connectivity index (χ4n) is 1.56. The van der Waals surface area contributed by atoms with Crippen molar-refractivity contribution in [3.8, 4) is 5.75 Å². The van der Waals surface area contributed by atoms with E-state index < -0.39 is 0 Å². The Hall–Kier alpha value is -1.77. The quantitative estimate of drug-likeness (QED) is 0.529. The maximum Gasteiger partial charge on any atom is 0.308 e. The van der Waals surface area contributed by atoms with Crippen molar-refractivity contribution in [2.45, 2.75) is 20.8 Å². The SMILES string of the molecule is CC(=O)Oc1ccc2c(C)c(C)oc2c1. The third-order valence-electron chi connectivity index (χ3n) is 2.41. The molecule has 0 unspecified atom stereocenters. The average molecular weight is 204 g/mol. The number of carbonyl (C=O) groups is 1. The van der Waals surface area contributed by atoms with Gasteiger partial charge in [0.25, 0.3) is 0 Å². The number of hydrogen-bond donors (Lipinski definition) is 0. The zero-order chi connectivity index (χ0) is 11.0. The molecule has 1 heterocycles. The summed E-state index contributed by atoms with van der Waals surface area (Å²) >= 11 is 0. The summed E-state index contributed by atoms with van der Waals surface area (Å²) in [5.74, 6) is 1.09. The molecule has 1 aromatic heterocycles. The minimum atomic E-state index is -0.325. The van der Waals surface area contributed by atoms with E-state index >= 15 is 0 Å². The first-order valence-electron chi connectivity index (χ1n) is 4.76. The zero-order valence-electron chi connectivity index (χ0n) is 8.96. The van der Waals surface area contributed by atoms with Gasteiger partial charge < -0.3 is 9.15 Å². The van der Waals surface area contributed by atoms with Gasteiger partial charge in [-0.25, -0.2) is 0 Å². The number of ether oxygens (including phenoxy) is 1. The van der Waals surface area contributed by atoms with Gasteiger partial charge in [0.05, 0.1) is 0 Å². The van der Waals surface area contributed by atoms with Gasteiger partial charge in [-0.3, -0.25) is 4.79 Å². The smallest absolute Gasteiger partial charge is 0.308 e. The highest BCUT2D eigenvalue weighted by molar-refractivity contribution is 5.84. The summed E-state index contributed by atoms with van der Waals surface area (Å²) in [5, 5.41) is 1.06. The van der Waals surface area contributed by atoms with E-state index in [1.165, 1.54) is 6.92 Å². The summed E-state index contributed by atoms with van der Waals surface area (Å²) in [6.07, 6.45) is 0. The Labute approximate surface area is 87.6 Å². The van der Waals surface area contributed by atoms with Crippen molar-refractivity contribution < 1.29 is 13.9 Å².